The lowest BCUT2D eigenvalue weighted by Crippen LogP contribution is -2.55. The van der Waals surface area contributed by atoms with Gasteiger partial charge in [0.15, 0.2) is 0 Å². The molecule has 1 fully saturated rings. The summed E-state index contributed by atoms with van der Waals surface area (Å²) < 4.78 is 33.0. The molecule has 3 rings (SSSR count). The van der Waals surface area contributed by atoms with E-state index in [1.165, 1.54) is 18.6 Å². The summed E-state index contributed by atoms with van der Waals surface area (Å²) in [5.41, 5.74) is 0. The molecule has 0 unspecified atom stereocenters. The van der Waals surface area contributed by atoms with Crippen molar-refractivity contribution in [3.8, 4) is 0 Å². The molecule has 0 aromatic carbocycles. The molecule has 0 aliphatic heterocycles. The van der Waals surface area contributed by atoms with Gasteiger partial charge >= 0.3 is 0 Å². The van der Waals surface area contributed by atoms with Crippen LogP contribution in [0, 0.1) is 0 Å². The molecular weight excluding hydrogens is 270 g/mol. The summed E-state index contributed by atoms with van der Waals surface area (Å²) in [5.74, 6) is 0. The van der Waals surface area contributed by atoms with Gasteiger partial charge in [-0.2, -0.15) is 5.10 Å². The molecular formula is C11H13N3O4S. The number of nitrogens with one attached hydrogen (secondary N) is 1. The molecule has 3 atom stereocenters. The SMILES string of the molecule is O=S(=O)(N[C@H]1C[C@@H](O)[C@@H]1n1cccn1)c1ccoc1. The summed E-state index contributed by atoms with van der Waals surface area (Å²) in [6.07, 6.45) is 5.52. The Morgan fingerprint density at radius 3 is 2.95 bits per heavy atom. The highest BCUT2D eigenvalue weighted by atomic mass is 32.2. The molecule has 1 aliphatic rings. The molecule has 0 radical (unpaired) electrons. The first-order valence-corrected chi connectivity index (χ1v) is 7.28. The fourth-order valence-electron chi connectivity index (χ4n) is 2.22. The molecule has 2 N–H and O–H groups in total. The standard InChI is InChI=1S/C11H13N3O4S/c15-10-6-9(11(10)14-4-1-3-12-14)13-19(16,17)8-2-5-18-7-8/h1-5,7,9-11,13,15H,6H2/t9-,10+,11+/m0/s1. The van der Waals surface area contributed by atoms with Crippen LogP contribution in [0.2, 0.25) is 0 Å². The van der Waals surface area contributed by atoms with Crippen molar-refractivity contribution in [3.63, 3.8) is 0 Å². The maximum atomic E-state index is 12.0. The van der Waals surface area contributed by atoms with Crippen LogP contribution in [0.3, 0.4) is 0 Å². The molecule has 7 nitrogen and oxygen atoms in total. The molecule has 0 saturated heterocycles. The van der Waals surface area contributed by atoms with Crippen molar-refractivity contribution >= 4 is 10.0 Å². The van der Waals surface area contributed by atoms with Gasteiger partial charge in [0.05, 0.1) is 18.4 Å². The molecule has 0 amide bonds. The zero-order valence-electron chi connectivity index (χ0n) is 9.88. The molecule has 1 saturated carbocycles. The Bertz CT molecular complexity index is 636. The van der Waals surface area contributed by atoms with Crippen molar-refractivity contribution in [1.29, 1.82) is 0 Å². The number of nitrogens with zero attached hydrogens (tertiary/aromatic N) is 2. The molecule has 19 heavy (non-hydrogen) atoms. The lowest BCUT2D eigenvalue weighted by atomic mass is 9.84. The number of aromatic nitrogens is 2. The quantitative estimate of drug-likeness (QED) is 0.831. The van der Waals surface area contributed by atoms with Crippen LogP contribution in [-0.2, 0) is 10.0 Å². The second kappa shape index (κ2) is 4.48. The highest BCUT2D eigenvalue weighted by molar-refractivity contribution is 7.89. The molecule has 8 heteroatoms. The molecule has 2 aromatic rings. The van der Waals surface area contributed by atoms with Crippen LogP contribution in [0.1, 0.15) is 12.5 Å². The summed E-state index contributed by atoms with van der Waals surface area (Å²) in [4.78, 5) is 0.0769. The molecule has 0 bridgehead atoms. The molecule has 2 heterocycles. The predicted molar refractivity (Wildman–Crippen MR) is 64.7 cm³/mol. The third-order valence-corrected chi connectivity index (χ3v) is 4.71. The Labute approximate surface area is 109 Å². The minimum atomic E-state index is -3.62. The Balaban J connectivity index is 1.78. The first-order valence-electron chi connectivity index (χ1n) is 5.79. The lowest BCUT2D eigenvalue weighted by Gasteiger charge is -2.41. The van der Waals surface area contributed by atoms with Crippen LogP contribution in [0.4, 0.5) is 0 Å². The molecule has 102 valence electrons. The number of aliphatic hydroxyl groups is 1. The van der Waals surface area contributed by atoms with Crippen molar-refractivity contribution in [2.45, 2.75) is 29.5 Å². The second-order valence-corrected chi connectivity index (χ2v) is 6.18. The van der Waals surface area contributed by atoms with E-state index in [0.717, 1.165) is 0 Å². The minimum Gasteiger partial charge on any atom is -0.471 e. The summed E-state index contributed by atoms with van der Waals surface area (Å²) >= 11 is 0. The molecule has 1 aliphatic carbocycles. The van der Waals surface area contributed by atoms with E-state index in [2.05, 4.69) is 9.82 Å². The van der Waals surface area contributed by atoms with Gasteiger partial charge in [-0.3, -0.25) is 4.68 Å². The Hall–Kier alpha value is -1.64. The van der Waals surface area contributed by atoms with Crippen molar-refractivity contribution in [2.24, 2.45) is 0 Å². The number of rotatable bonds is 4. The number of hydrogen-bond donors (Lipinski definition) is 2. The van der Waals surface area contributed by atoms with Gasteiger partial charge in [0.1, 0.15) is 11.2 Å². The van der Waals surface area contributed by atoms with Crippen molar-refractivity contribution in [2.75, 3.05) is 0 Å². The van der Waals surface area contributed by atoms with Crippen molar-refractivity contribution in [1.82, 2.24) is 14.5 Å². The summed E-state index contributed by atoms with van der Waals surface area (Å²) in [6.45, 7) is 0. The van der Waals surface area contributed by atoms with Crippen molar-refractivity contribution < 1.29 is 17.9 Å². The van der Waals surface area contributed by atoms with E-state index in [0.29, 0.717) is 6.42 Å². The maximum Gasteiger partial charge on any atom is 0.244 e. The van der Waals surface area contributed by atoms with Crippen LogP contribution >= 0.6 is 0 Å². The lowest BCUT2D eigenvalue weighted by molar-refractivity contribution is 0.000539. The Kier molecular flexibility index (Phi) is 2.92. The number of aliphatic hydroxyl groups excluding tert-OH is 1. The van der Waals surface area contributed by atoms with Gasteiger partial charge in [-0.1, -0.05) is 0 Å². The first kappa shape index (κ1) is 12.4. The minimum absolute atomic E-state index is 0.0769. The van der Waals surface area contributed by atoms with Gasteiger partial charge in [-0.25, -0.2) is 13.1 Å². The zero-order chi connectivity index (χ0) is 13.5. The normalized spacial score (nSPS) is 27.1. The average molecular weight is 283 g/mol. The molecule has 2 aromatic heterocycles. The molecule has 0 spiro atoms. The third kappa shape index (κ3) is 2.18. The average Bonchev–Trinajstić information content (AvgIpc) is 3.00. The van der Waals surface area contributed by atoms with Gasteiger partial charge in [0, 0.05) is 18.4 Å². The highest BCUT2D eigenvalue weighted by Crippen LogP contribution is 2.33. The van der Waals surface area contributed by atoms with E-state index >= 15 is 0 Å². The fourth-order valence-corrected chi connectivity index (χ4v) is 3.41. The zero-order valence-corrected chi connectivity index (χ0v) is 10.7. The Morgan fingerprint density at radius 1 is 1.53 bits per heavy atom. The number of sulfonamides is 1. The van der Waals surface area contributed by atoms with Crippen LogP contribution in [0.5, 0.6) is 0 Å². The maximum absolute atomic E-state index is 12.0. The van der Waals surface area contributed by atoms with E-state index in [4.69, 9.17) is 4.42 Å². The van der Waals surface area contributed by atoms with Gasteiger partial charge in [-0.15, -0.1) is 0 Å². The van der Waals surface area contributed by atoms with Crippen LogP contribution in [0.15, 0.2) is 46.4 Å². The van der Waals surface area contributed by atoms with E-state index < -0.39 is 16.1 Å². The van der Waals surface area contributed by atoms with Crippen LogP contribution in [0.25, 0.3) is 0 Å². The predicted octanol–water partition coefficient (Wildman–Crippen LogP) is 0.129. The number of furan rings is 1. The summed E-state index contributed by atoms with van der Waals surface area (Å²) in [6, 6.07) is 2.35. The van der Waals surface area contributed by atoms with E-state index in [1.54, 1.807) is 23.1 Å². The van der Waals surface area contributed by atoms with Crippen molar-refractivity contribution in [3.05, 3.63) is 37.1 Å². The monoisotopic (exact) mass is 283 g/mol. The summed E-state index contributed by atoms with van der Waals surface area (Å²) in [5, 5.41) is 13.8. The fraction of sp³-hybridized carbons (Fsp3) is 0.364. The smallest absolute Gasteiger partial charge is 0.244 e. The van der Waals surface area contributed by atoms with E-state index in [-0.39, 0.29) is 17.0 Å². The third-order valence-electron chi connectivity index (χ3n) is 3.24. The Morgan fingerprint density at radius 2 is 2.37 bits per heavy atom. The van der Waals surface area contributed by atoms with E-state index in [9.17, 15) is 13.5 Å². The van der Waals surface area contributed by atoms with E-state index in [1.807, 2.05) is 0 Å². The van der Waals surface area contributed by atoms with Gasteiger partial charge in [0.2, 0.25) is 10.0 Å². The van der Waals surface area contributed by atoms with Crippen LogP contribution in [-0.4, -0.2) is 35.5 Å². The number of hydrogen-bond acceptors (Lipinski definition) is 5. The first-order chi connectivity index (χ1) is 9.08. The van der Waals surface area contributed by atoms with Gasteiger partial charge in [-0.05, 0) is 18.6 Å². The van der Waals surface area contributed by atoms with Crippen LogP contribution < -0.4 is 4.72 Å². The highest BCUT2D eigenvalue weighted by Gasteiger charge is 2.44. The van der Waals surface area contributed by atoms with Gasteiger partial charge < -0.3 is 9.52 Å². The van der Waals surface area contributed by atoms with Gasteiger partial charge in [0.25, 0.3) is 0 Å². The summed E-state index contributed by atoms with van der Waals surface area (Å²) in [7, 11) is -3.62. The second-order valence-electron chi connectivity index (χ2n) is 4.47. The topological polar surface area (TPSA) is 97.4 Å². The largest absolute Gasteiger partial charge is 0.471 e.